The maximum Gasteiger partial charge on any atom is 0.107 e. The van der Waals surface area contributed by atoms with Crippen molar-refractivity contribution in [2.75, 3.05) is 5.88 Å². The van der Waals surface area contributed by atoms with Gasteiger partial charge in [-0.15, -0.1) is 11.6 Å². The monoisotopic (exact) mass is 222 g/mol. The number of hydrogen-bond acceptors (Lipinski definition) is 1. The number of benzene rings is 1. The largest absolute Gasteiger partial charge is 0.342 e. The summed E-state index contributed by atoms with van der Waals surface area (Å²) in [7, 11) is 0. The summed E-state index contributed by atoms with van der Waals surface area (Å²) in [5.74, 6) is 1.73. The van der Waals surface area contributed by atoms with Crippen molar-refractivity contribution < 1.29 is 0 Å². The van der Waals surface area contributed by atoms with E-state index in [2.05, 4.69) is 35.9 Å². The number of rotatable bonds is 3. The first-order chi connectivity index (χ1) is 7.20. The van der Waals surface area contributed by atoms with Gasteiger partial charge in [0.05, 0.1) is 11.0 Å². The van der Waals surface area contributed by atoms with Gasteiger partial charge in [0.1, 0.15) is 5.82 Å². The van der Waals surface area contributed by atoms with Gasteiger partial charge in [0.15, 0.2) is 0 Å². The first-order valence-electron chi connectivity index (χ1n) is 5.22. The zero-order valence-corrected chi connectivity index (χ0v) is 9.86. The van der Waals surface area contributed by atoms with Crippen molar-refractivity contribution in [1.82, 2.24) is 9.97 Å². The standard InChI is InChI=1S/C12H15ClN2/c1-8-6-9(2)12-10(7-8)14-11(15-12)4-3-5-13/h6-7H,3-5H2,1-2H3,(H,14,15). The van der Waals surface area contributed by atoms with E-state index in [0.29, 0.717) is 5.88 Å². The van der Waals surface area contributed by atoms with Gasteiger partial charge >= 0.3 is 0 Å². The van der Waals surface area contributed by atoms with Gasteiger partial charge in [-0.1, -0.05) is 6.07 Å². The van der Waals surface area contributed by atoms with Crippen LogP contribution in [0.4, 0.5) is 0 Å². The number of aromatic nitrogens is 2. The summed E-state index contributed by atoms with van der Waals surface area (Å²) in [6, 6.07) is 4.30. The molecule has 0 saturated carbocycles. The van der Waals surface area contributed by atoms with E-state index in [1.54, 1.807) is 0 Å². The molecule has 0 aliphatic carbocycles. The van der Waals surface area contributed by atoms with Gasteiger partial charge in [-0.2, -0.15) is 0 Å². The summed E-state index contributed by atoms with van der Waals surface area (Å²) in [4.78, 5) is 7.92. The predicted octanol–water partition coefficient (Wildman–Crippen LogP) is 3.35. The van der Waals surface area contributed by atoms with Crippen molar-refractivity contribution in [2.24, 2.45) is 0 Å². The maximum absolute atomic E-state index is 5.66. The number of H-pyrrole nitrogens is 1. The van der Waals surface area contributed by atoms with Crippen molar-refractivity contribution in [1.29, 1.82) is 0 Å². The minimum absolute atomic E-state index is 0.690. The lowest BCUT2D eigenvalue weighted by Gasteiger charge is -1.96. The Morgan fingerprint density at radius 1 is 1.33 bits per heavy atom. The maximum atomic E-state index is 5.66. The molecular weight excluding hydrogens is 208 g/mol. The molecule has 15 heavy (non-hydrogen) atoms. The topological polar surface area (TPSA) is 28.7 Å². The van der Waals surface area contributed by atoms with Gasteiger partial charge in [0.2, 0.25) is 0 Å². The van der Waals surface area contributed by atoms with Gasteiger partial charge in [-0.3, -0.25) is 0 Å². The van der Waals surface area contributed by atoms with E-state index in [0.717, 1.165) is 29.7 Å². The smallest absolute Gasteiger partial charge is 0.107 e. The molecule has 0 amide bonds. The van der Waals surface area contributed by atoms with Crippen LogP contribution in [0.2, 0.25) is 0 Å². The van der Waals surface area contributed by atoms with Crippen LogP contribution >= 0.6 is 11.6 Å². The molecule has 2 rings (SSSR count). The fourth-order valence-corrected chi connectivity index (χ4v) is 2.01. The van der Waals surface area contributed by atoms with Crippen molar-refractivity contribution in [2.45, 2.75) is 26.7 Å². The molecule has 3 heteroatoms. The summed E-state index contributed by atoms with van der Waals surface area (Å²) in [6.07, 6.45) is 1.90. The van der Waals surface area contributed by atoms with E-state index in [9.17, 15) is 0 Å². The Kier molecular flexibility index (Phi) is 2.96. The number of nitrogens with zero attached hydrogens (tertiary/aromatic N) is 1. The summed E-state index contributed by atoms with van der Waals surface area (Å²) >= 11 is 5.66. The molecule has 1 aromatic heterocycles. The lowest BCUT2D eigenvalue weighted by Crippen LogP contribution is -1.88. The summed E-state index contributed by atoms with van der Waals surface area (Å²) < 4.78 is 0. The first-order valence-corrected chi connectivity index (χ1v) is 5.76. The van der Waals surface area contributed by atoms with Gasteiger partial charge in [0.25, 0.3) is 0 Å². The number of fused-ring (bicyclic) bond motifs is 1. The molecule has 1 N–H and O–H groups in total. The fraction of sp³-hybridized carbons (Fsp3) is 0.417. The number of alkyl halides is 1. The average molecular weight is 223 g/mol. The van der Waals surface area contributed by atoms with E-state index >= 15 is 0 Å². The number of hydrogen-bond donors (Lipinski definition) is 1. The molecule has 0 aliphatic heterocycles. The number of nitrogens with one attached hydrogen (secondary N) is 1. The third-order valence-electron chi connectivity index (χ3n) is 2.52. The zero-order chi connectivity index (χ0) is 10.8. The molecule has 0 saturated heterocycles. The Balaban J connectivity index is 2.41. The van der Waals surface area contributed by atoms with Crippen molar-refractivity contribution >= 4 is 22.6 Å². The van der Waals surface area contributed by atoms with Crippen LogP contribution in [0.3, 0.4) is 0 Å². The predicted molar refractivity (Wildman–Crippen MR) is 64.6 cm³/mol. The highest BCUT2D eigenvalue weighted by molar-refractivity contribution is 6.17. The van der Waals surface area contributed by atoms with Crippen LogP contribution in [0, 0.1) is 13.8 Å². The van der Waals surface area contributed by atoms with E-state index < -0.39 is 0 Å². The van der Waals surface area contributed by atoms with Gasteiger partial charge in [-0.05, 0) is 37.5 Å². The molecule has 1 aromatic carbocycles. The molecule has 0 aliphatic rings. The van der Waals surface area contributed by atoms with Crippen molar-refractivity contribution in [3.05, 3.63) is 29.1 Å². The SMILES string of the molecule is Cc1cc(C)c2nc(CCCCl)[nH]c2c1. The quantitative estimate of drug-likeness (QED) is 0.793. The molecule has 2 aromatic rings. The fourth-order valence-electron chi connectivity index (χ4n) is 1.87. The lowest BCUT2D eigenvalue weighted by molar-refractivity contribution is 0.866. The van der Waals surface area contributed by atoms with E-state index in [-0.39, 0.29) is 0 Å². The van der Waals surface area contributed by atoms with Gasteiger partial charge in [-0.25, -0.2) is 4.98 Å². The van der Waals surface area contributed by atoms with Crippen LogP contribution < -0.4 is 0 Å². The Hall–Kier alpha value is -1.02. The third-order valence-corrected chi connectivity index (χ3v) is 2.79. The molecule has 0 fully saturated rings. The van der Waals surface area contributed by atoms with Gasteiger partial charge in [0, 0.05) is 12.3 Å². The lowest BCUT2D eigenvalue weighted by atomic mass is 10.1. The second-order valence-corrected chi connectivity index (χ2v) is 4.33. The van der Waals surface area contributed by atoms with Crippen LogP contribution in [0.5, 0.6) is 0 Å². The molecule has 0 atom stereocenters. The summed E-state index contributed by atoms with van der Waals surface area (Å²) in [5, 5.41) is 0. The third kappa shape index (κ3) is 2.15. The molecule has 0 spiro atoms. The molecule has 0 radical (unpaired) electrons. The minimum atomic E-state index is 0.690. The number of imidazole rings is 1. The van der Waals surface area contributed by atoms with Crippen LogP contribution in [-0.2, 0) is 6.42 Å². The molecule has 0 bridgehead atoms. The van der Waals surface area contributed by atoms with Crippen LogP contribution in [0.15, 0.2) is 12.1 Å². The number of aryl methyl sites for hydroxylation is 3. The zero-order valence-electron chi connectivity index (χ0n) is 9.10. The number of halogens is 1. The average Bonchev–Trinajstić information content (AvgIpc) is 2.57. The molecule has 1 heterocycles. The Morgan fingerprint density at radius 3 is 2.87 bits per heavy atom. The van der Waals surface area contributed by atoms with Crippen LogP contribution in [-0.4, -0.2) is 15.8 Å². The molecule has 80 valence electrons. The van der Waals surface area contributed by atoms with Gasteiger partial charge < -0.3 is 4.98 Å². The Morgan fingerprint density at radius 2 is 2.13 bits per heavy atom. The van der Waals surface area contributed by atoms with Crippen molar-refractivity contribution in [3.8, 4) is 0 Å². The minimum Gasteiger partial charge on any atom is -0.342 e. The highest BCUT2D eigenvalue weighted by Gasteiger charge is 2.05. The highest BCUT2D eigenvalue weighted by Crippen LogP contribution is 2.18. The van der Waals surface area contributed by atoms with Crippen molar-refractivity contribution in [3.63, 3.8) is 0 Å². The number of aromatic amines is 1. The Labute approximate surface area is 94.7 Å². The second-order valence-electron chi connectivity index (χ2n) is 3.95. The summed E-state index contributed by atoms with van der Waals surface area (Å²) in [5.41, 5.74) is 4.73. The van der Waals surface area contributed by atoms with E-state index in [1.165, 1.54) is 11.1 Å². The highest BCUT2D eigenvalue weighted by atomic mass is 35.5. The normalized spacial score (nSPS) is 11.1. The van der Waals surface area contributed by atoms with E-state index in [1.807, 2.05) is 0 Å². The molecular formula is C12H15ClN2. The molecule has 0 unspecified atom stereocenters. The molecule has 2 nitrogen and oxygen atoms in total. The van der Waals surface area contributed by atoms with Crippen LogP contribution in [0.1, 0.15) is 23.4 Å². The second kappa shape index (κ2) is 4.23. The summed E-state index contributed by atoms with van der Waals surface area (Å²) in [6.45, 7) is 4.20. The van der Waals surface area contributed by atoms with Crippen LogP contribution in [0.25, 0.3) is 11.0 Å². The first kappa shape index (κ1) is 10.5. The van der Waals surface area contributed by atoms with E-state index in [4.69, 9.17) is 11.6 Å². The Bertz CT molecular complexity index is 474.